The van der Waals surface area contributed by atoms with Gasteiger partial charge in [0.25, 0.3) is 0 Å². The molecule has 3 saturated carbocycles. The largest absolute Gasteiger partial charge is 0.504 e. The van der Waals surface area contributed by atoms with Gasteiger partial charge >= 0.3 is 0 Å². The van der Waals surface area contributed by atoms with E-state index in [1.165, 1.54) is 37.3 Å². The number of aromatic hydroxyl groups is 1. The summed E-state index contributed by atoms with van der Waals surface area (Å²) in [6.07, 6.45) is 10.7. The molecule has 2 aromatic rings. The van der Waals surface area contributed by atoms with E-state index in [4.69, 9.17) is 39.5 Å². The number of hydrogen-bond acceptors (Lipinski definition) is 4. The van der Waals surface area contributed by atoms with Crippen LogP contribution in [0.25, 0.3) is 0 Å². The van der Waals surface area contributed by atoms with Crippen LogP contribution in [0.5, 0.6) is 17.2 Å². The lowest BCUT2D eigenvalue weighted by atomic mass is 9.47. The predicted octanol–water partition coefficient (Wildman–Crippen LogP) is 9.02. The van der Waals surface area contributed by atoms with Crippen molar-refractivity contribution in [2.75, 3.05) is 0 Å². The molecule has 0 amide bonds. The number of carbonyl (C=O) groups excluding carboxylic acids is 1. The fraction of sp³-hybridized carbons (Fsp3) is 0.516. The quantitative estimate of drug-likeness (QED) is 0.374. The smallest absolute Gasteiger partial charge is 0.169 e. The van der Waals surface area contributed by atoms with Crippen LogP contribution in [0, 0.1) is 28.6 Å². The van der Waals surface area contributed by atoms with E-state index in [2.05, 4.69) is 13.8 Å². The summed E-state index contributed by atoms with van der Waals surface area (Å²) in [5.74, 6) is 3.21. The summed E-state index contributed by atoms with van der Waals surface area (Å²) in [5, 5.41) is 21.4. The van der Waals surface area contributed by atoms with E-state index in [9.17, 15) is 15.0 Å². The molecule has 6 rings (SSSR count). The van der Waals surface area contributed by atoms with Crippen LogP contribution in [0.2, 0.25) is 15.1 Å². The lowest BCUT2D eigenvalue weighted by Crippen LogP contribution is -2.51. The zero-order valence-corrected chi connectivity index (χ0v) is 24.1. The second-order valence-electron chi connectivity index (χ2n) is 11.9. The summed E-state index contributed by atoms with van der Waals surface area (Å²) in [6.45, 7) is 4.76. The highest BCUT2D eigenvalue weighted by molar-refractivity contribution is 6.35. The van der Waals surface area contributed by atoms with Gasteiger partial charge in [0.1, 0.15) is 5.75 Å². The molecule has 3 fully saturated rings. The average Bonchev–Trinajstić information content (AvgIpc) is 3.17. The Morgan fingerprint density at radius 3 is 2.29 bits per heavy atom. The second kappa shape index (κ2) is 10.7. The molecule has 4 unspecified atom stereocenters. The van der Waals surface area contributed by atoms with Crippen LogP contribution in [0.15, 0.2) is 48.0 Å². The highest BCUT2D eigenvalue weighted by atomic mass is 35.5. The summed E-state index contributed by atoms with van der Waals surface area (Å²) in [4.78, 5) is 11.8. The zero-order chi connectivity index (χ0) is 27.2. The third-order valence-corrected chi connectivity index (χ3v) is 10.7. The van der Waals surface area contributed by atoms with Crippen molar-refractivity contribution in [1.82, 2.24) is 0 Å². The molecule has 0 spiro atoms. The number of fused-ring (bicyclic) bond motifs is 5. The first-order valence-corrected chi connectivity index (χ1v) is 14.7. The van der Waals surface area contributed by atoms with Gasteiger partial charge in [-0.05, 0) is 110 Å². The first-order valence-electron chi connectivity index (χ1n) is 13.5. The first kappa shape index (κ1) is 27.8. The molecule has 4 aliphatic rings. The fourth-order valence-corrected chi connectivity index (χ4v) is 8.40. The number of carbonyl (C=O) groups is 1. The van der Waals surface area contributed by atoms with Crippen molar-refractivity contribution in [3.05, 3.63) is 63.1 Å². The molecule has 4 nitrogen and oxygen atoms in total. The first-order chi connectivity index (χ1) is 18.0. The van der Waals surface area contributed by atoms with Gasteiger partial charge in [-0.2, -0.15) is 0 Å². The van der Waals surface area contributed by atoms with E-state index in [0.717, 1.165) is 37.5 Å². The molecule has 0 aliphatic heterocycles. The number of phenolic OH excluding ortho intramolecular Hbond substituents is 1. The Kier molecular flexibility index (Phi) is 7.83. The zero-order valence-electron chi connectivity index (χ0n) is 21.9. The van der Waals surface area contributed by atoms with Crippen molar-refractivity contribution >= 4 is 40.6 Å². The van der Waals surface area contributed by atoms with Crippen molar-refractivity contribution in [3.63, 3.8) is 0 Å². The monoisotopic (exact) mass is 576 g/mol. The fourth-order valence-electron chi connectivity index (χ4n) is 7.79. The highest BCUT2D eigenvalue weighted by Crippen LogP contribution is 2.65. The van der Waals surface area contributed by atoms with Gasteiger partial charge in [-0.3, -0.25) is 4.79 Å². The number of ketones is 1. The SMILES string of the molecule is C[C@]12CCC3C(CCC4=CC(=O)CC[C@@]43C)C1CCC2O.Oc1cc(Cl)ccc1Oc1ccc(Cl)cc1Cl. The Morgan fingerprint density at radius 2 is 1.58 bits per heavy atom. The van der Waals surface area contributed by atoms with Crippen LogP contribution in [0.1, 0.15) is 65.2 Å². The van der Waals surface area contributed by atoms with Crippen molar-refractivity contribution < 1.29 is 19.7 Å². The number of aliphatic hydroxyl groups is 1. The summed E-state index contributed by atoms with van der Waals surface area (Å²) in [5.41, 5.74) is 1.89. The Morgan fingerprint density at radius 1 is 0.868 bits per heavy atom. The highest BCUT2D eigenvalue weighted by Gasteiger charge is 2.58. The molecule has 0 aromatic heterocycles. The van der Waals surface area contributed by atoms with Crippen LogP contribution in [0.3, 0.4) is 0 Å². The molecule has 0 radical (unpaired) electrons. The lowest BCUT2D eigenvalue weighted by Gasteiger charge is -2.57. The van der Waals surface area contributed by atoms with Gasteiger partial charge in [-0.1, -0.05) is 54.2 Å². The molecule has 4 aliphatic carbocycles. The van der Waals surface area contributed by atoms with Gasteiger partial charge in [0, 0.05) is 22.5 Å². The predicted molar refractivity (Wildman–Crippen MR) is 152 cm³/mol. The number of ether oxygens (including phenoxy) is 1. The molecule has 6 atom stereocenters. The number of benzene rings is 2. The Balaban J connectivity index is 0.000000159. The van der Waals surface area contributed by atoms with Gasteiger partial charge in [-0.15, -0.1) is 0 Å². The number of phenols is 1. The maximum atomic E-state index is 11.8. The molecule has 204 valence electrons. The van der Waals surface area contributed by atoms with Gasteiger partial charge in [-0.25, -0.2) is 0 Å². The summed E-state index contributed by atoms with van der Waals surface area (Å²) in [6, 6.07) is 9.39. The third-order valence-electron chi connectivity index (χ3n) is 9.95. The summed E-state index contributed by atoms with van der Waals surface area (Å²) in [7, 11) is 0. The minimum Gasteiger partial charge on any atom is -0.504 e. The van der Waals surface area contributed by atoms with Crippen molar-refractivity contribution in [2.45, 2.75) is 71.3 Å². The van der Waals surface area contributed by atoms with Crippen LogP contribution >= 0.6 is 34.8 Å². The molecular formula is C31H35Cl3O4. The Bertz CT molecular complexity index is 1210. The molecule has 0 bridgehead atoms. The number of rotatable bonds is 2. The van der Waals surface area contributed by atoms with E-state index in [-0.39, 0.29) is 28.4 Å². The van der Waals surface area contributed by atoms with Crippen molar-refractivity contribution in [3.8, 4) is 17.2 Å². The lowest BCUT2D eigenvalue weighted by molar-refractivity contribution is -0.118. The molecule has 0 saturated heterocycles. The Hall–Kier alpha value is -1.72. The molecular weight excluding hydrogens is 543 g/mol. The summed E-state index contributed by atoms with van der Waals surface area (Å²) >= 11 is 17.4. The van der Waals surface area contributed by atoms with Gasteiger partial charge < -0.3 is 14.9 Å². The maximum Gasteiger partial charge on any atom is 0.169 e. The van der Waals surface area contributed by atoms with Crippen molar-refractivity contribution in [1.29, 1.82) is 0 Å². The number of halogens is 3. The molecule has 0 heterocycles. The van der Waals surface area contributed by atoms with Crippen LogP contribution in [-0.4, -0.2) is 22.1 Å². The standard InChI is InChI=1S/C19H28O2.C12H7Cl3O2/c1-18-9-7-13(20)11-12(18)3-4-14-15-5-6-17(21)19(15,2)10-8-16(14)18;13-7-1-3-11(9(15)5-7)17-12-4-2-8(14)6-10(12)16/h11,14-17,21H,3-10H2,1-2H3;1-6,16H/t14?,15?,16?,17?,18-,19-;/m0./s1. The van der Waals surface area contributed by atoms with Crippen LogP contribution < -0.4 is 4.74 Å². The number of allylic oxidation sites excluding steroid dienone is 1. The van der Waals surface area contributed by atoms with Gasteiger partial charge in [0.15, 0.2) is 17.3 Å². The number of aliphatic hydroxyl groups excluding tert-OH is 1. The van der Waals surface area contributed by atoms with E-state index < -0.39 is 0 Å². The van der Waals surface area contributed by atoms with Crippen molar-refractivity contribution in [2.24, 2.45) is 28.6 Å². The van der Waals surface area contributed by atoms with Crippen LogP contribution in [-0.2, 0) is 4.79 Å². The molecule has 7 heteroatoms. The van der Waals surface area contributed by atoms with E-state index in [1.807, 2.05) is 6.08 Å². The maximum absolute atomic E-state index is 11.8. The van der Waals surface area contributed by atoms with E-state index in [1.54, 1.807) is 30.3 Å². The van der Waals surface area contributed by atoms with Gasteiger partial charge in [0.05, 0.1) is 11.1 Å². The normalized spacial score (nSPS) is 33.7. The number of hydrogen-bond donors (Lipinski definition) is 2. The average molecular weight is 578 g/mol. The Labute approximate surface area is 239 Å². The van der Waals surface area contributed by atoms with E-state index >= 15 is 0 Å². The van der Waals surface area contributed by atoms with E-state index in [0.29, 0.717) is 32.5 Å². The van der Waals surface area contributed by atoms with Gasteiger partial charge in [0.2, 0.25) is 0 Å². The summed E-state index contributed by atoms with van der Waals surface area (Å²) < 4.78 is 5.45. The molecule has 38 heavy (non-hydrogen) atoms. The topological polar surface area (TPSA) is 66.8 Å². The second-order valence-corrected chi connectivity index (χ2v) is 13.2. The molecule has 2 aromatic carbocycles. The van der Waals surface area contributed by atoms with Crippen LogP contribution in [0.4, 0.5) is 0 Å². The molecule has 2 N–H and O–H groups in total. The minimum atomic E-state index is -0.0823. The third kappa shape index (κ3) is 5.10. The minimum absolute atomic E-state index is 0.0523.